The molecule has 1 aromatic carbocycles. The third kappa shape index (κ3) is 4.81. The molecule has 0 aliphatic carbocycles. The largest absolute Gasteiger partial charge is 0.504 e. The smallest absolute Gasteiger partial charge is 0.311 e. The molecule has 2 heterocycles. The number of aromatic hydroxyl groups is 1. The number of benzene rings is 1. The number of rotatable bonds is 5. The maximum Gasteiger partial charge on any atom is 0.311 e. The lowest BCUT2D eigenvalue weighted by Crippen LogP contribution is -2.05. The Bertz CT molecular complexity index is 919. The zero-order valence-electron chi connectivity index (χ0n) is 15.4. The quantitative estimate of drug-likeness (QED) is 0.584. The number of hydrogen-bond acceptors (Lipinski definition) is 7. The molecular formula is C19H20ClNO5S. The molecule has 144 valence electrons. The van der Waals surface area contributed by atoms with Crippen molar-refractivity contribution in [3.05, 3.63) is 40.4 Å². The molecule has 0 saturated heterocycles. The van der Waals surface area contributed by atoms with Crippen LogP contribution in [-0.4, -0.2) is 30.3 Å². The van der Waals surface area contributed by atoms with E-state index in [1.165, 1.54) is 31.6 Å². The number of phenolic OH excluding ortho intramolecular Hbond substituents is 1. The first-order valence-electron chi connectivity index (χ1n) is 8.21. The number of nitrogens with zero attached hydrogens (tertiary/aromatic N) is 1. The van der Waals surface area contributed by atoms with Gasteiger partial charge in [0.05, 0.1) is 35.5 Å². The predicted molar refractivity (Wildman–Crippen MR) is 106 cm³/mol. The van der Waals surface area contributed by atoms with E-state index in [0.29, 0.717) is 33.0 Å². The van der Waals surface area contributed by atoms with Gasteiger partial charge in [-0.2, -0.15) is 0 Å². The zero-order valence-corrected chi connectivity index (χ0v) is 17.0. The van der Waals surface area contributed by atoms with Gasteiger partial charge in [-0.15, -0.1) is 11.3 Å². The first kappa shape index (κ1) is 20.8. The Balaban J connectivity index is 0.00000126. The number of phenols is 1. The van der Waals surface area contributed by atoms with Gasteiger partial charge in [-0.1, -0.05) is 25.4 Å². The summed E-state index contributed by atoms with van der Waals surface area (Å²) in [5, 5.41) is 9.72. The molecule has 0 unspecified atom stereocenters. The van der Waals surface area contributed by atoms with Crippen molar-refractivity contribution in [2.24, 2.45) is 0 Å². The lowest BCUT2D eigenvalue weighted by molar-refractivity contribution is -0.139. The van der Waals surface area contributed by atoms with Crippen LogP contribution in [0.5, 0.6) is 11.5 Å². The SMILES string of the molecule is CC.COC(=O)Cc1nc(-c2ccc(O)c(OC)c2)oc1-c1ccc(Cl)s1. The standard InChI is InChI=1S/C17H14ClNO5S.C2H6/c1-22-12-7-9(3-4-11(12)20)17-19-10(8-15(21)23-2)16(24-17)13-5-6-14(18)25-13;1-2/h3-7,20H,8H2,1-2H3;1-2H3. The number of hydrogen-bond donors (Lipinski definition) is 1. The van der Waals surface area contributed by atoms with Gasteiger partial charge in [-0.3, -0.25) is 4.79 Å². The average molecular weight is 410 g/mol. The Morgan fingerprint density at radius 2 is 2.00 bits per heavy atom. The Kier molecular flexibility index (Phi) is 7.27. The average Bonchev–Trinajstić information content (AvgIpc) is 3.30. The van der Waals surface area contributed by atoms with Crippen LogP contribution >= 0.6 is 22.9 Å². The van der Waals surface area contributed by atoms with E-state index in [1.54, 1.807) is 24.3 Å². The summed E-state index contributed by atoms with van der Waals surface area (Å²) >= 11 is 7.32. The number of methoxy groups -OCH3 is 2. The van der Waals surface area contributed by atoms with E-state index < -0.39 is 5.97 Å². The molecule has 27 heavy (non-hydrogen) atoms. The van der Waals surface area contributed by atoms with Gasteiger partial charge >= 0.3 is 5.97 Å². The van der Waals surface area contributed by atoms with E-state index >= 15 is 0 Å². The van der Waals surface area contributed by atoms with Crippen molar-refractivity contribution in [1.82, 2.24) is 4.98 Å². The van der Waals surface area contributed by atoms with E-state index in [9.17, 15) is 9.90 Å². The predicted octanol–water partition coefficient (Wildman–Crippen LogP) is 5.18. The van der Waals surface area contributed by atoms with Gasteiger partial charge in [0.1, 0.15) is 0 Å². The van der Waals surface area contributed by atoms with Crippen LogP contribution in [0.1, 0.15) is 19.5 Å². The van der Waals surface area contributed by atoms with Crippen molar-refractivity contribution >= 4 is 28.9 Å². The minimum absolute atomic E-state index is 0.0119. The lowest BCUT2D eigenvalue weighted by Gasteiger charge is -2.03. The molecule has 8 heteroatoms. The molecule has 3 rings (SSSR count). The van der Waals surface area contributed by atoms with Crippen molar-refractivity contribution in [3.8, 4) is 33.6 Å². The second-order valence-electron chi connectivity index (χ2n) is 5.04. The fourth-order valence-corrected chi connectivity index (χ4v) is 3.29. The van der Waals surface area contributed by atoms with Crippen LogP contribution in [-0.2, 0) is 16.0 Å². The molecule has 1 N–H and O–H groups in total. The van der Waals surface area contributed by atoms with Crippen LogP contribution < -0.4 is 4.74 Å². The first-order chi connectivity index (χ1) is 13.0. The molecule has 0 aliphatic heterocycles. The first-order valence-corrected chi connectivity index (χ1v) is 9.41. The number of thiophene rings is 1. The van der Waals surface area contributed by atoms with E-state index in [-0.39, 0.29) is 12.2 Å². The summed E-state index contributed by atoms with van der Waals surface area (Å²) in [6, 6.07) is 8.29. The number of oxazole rings is 1. The van der Waals surface area contributed by atoms with Gasteiger partial charge in [0.15, 0.2) is 17.3 Å². The van der Waals surface area contributed by atoms with Gasteiger partial charge < -0.3 is 19.0 Å². The van der Waals surface area contributed by atoms with Crippen molar-refractivity contribution in [3.63, 3.8) is 0 Å². The van der Waals surface area contributed by atoms with Crippen LogP contribution in [0.3, 0.4) is 0 Å². The summed E-state index contributed by atoms with van der Waals surface area (Å²) in [7, 11) is 2.77. The molecule has 2 aromatic heterocycles. The zero-order chi connectivity index (χ0) is 20.0. The highest BCUT2D eigenvalue weighted by molar-refractivity contribution is 7.19. The van der Waals surface area contributed by atoms with Gasteiger partial charge in [-0.05, 0) is 30.3 Å². The Morgan fingerprint density at radius 1 is 1.26 bits per heavy atom. The number of esters is 1. The fourth-order valence-electron chi connectivity index (χ4n) is 2.24. The highest BCUT2D eigenvalue weighted by atomic mass is 35.5. The van der Waals surface area contributed by atoms with Crippen molar-refractivity contribution < 1.29 is 23.8 Å². The Hall–Kier alpha value is -2.51. The molecular weight excluding hydrogens is 390 g/mol. The maximum atomic E-state index is 11.7. The molecule has 0 bridgehead atoms. The van der Waals surface area contributed by atoms with E-state index in [1.807, 2.05) is 13.8 Å². The number of aromatic nitrogens is 1. The van der Waals surface area contributed by atoms with Crippen molar-refractivity contribution in [2.45, 2.75) is 20.3 Å². The van der Waals surface area contributed by atoms with Gasteiger partial charge in [0.25, 0.3) is 0 Å². The summed E-state index contributed by atoms with van der Waals surface area (Å²) in [5.41, 5.74) is 1.06. The second-order valence-corrected chi connectivity index (χ2v) is 6.75. The maximum absolute atomic E-state index is 11.7. The van der Waals surface area contributed by atoms with Crippen LogP contribution in [0.2, 0.25) is 4.34 Å². The van der Waals surface area contributed by atoms with Gasteiger partial charge in [0, 0.05) is 5.56 Å². The minimum atomic E-state index is -0.424. The van der Waals surface area contributed by atoms with E-state index in [2.05, 4.69) is 4.98 Å². The van der Waals surface area contributed by atoms with Crippen LogP contribution in [0.25, 0.3) is 22.1 Å². The number of carbonyl (C=O) groups excluding carboxylic acids is 1. The number of halogens is 1. The highest BCUT2D eigenvalue weighted by Crippen LogP contribution is 2.38. The molecule has 0 atom stereocenters. The topological polar surface area (TPSA) is 81.8 Å². The number of ether oxygens (including phenoxy) is 2. The van der Waals surface area contributed by atoms with E-state index in [4.69, 9.17) is 25.5 Å². The summed E-state index contributed by atoms with van der Waals surface area (Å²) in [6.45, 7) is 4.00. The van der Waals surface area contributed by atoms with Gasteiger partial charge in [-0.25, -0.2) is 4.98 Å². The minimum Gasteiger partial charge on any atom is -0.504 e. The summed E-state index contributed by atoms with van der Waals surface area (Å²) in [6.07, 6.45) is -0.0277. The second kappa shape index (κ2) is 9.43. The molecule has 0 spiro atoms. The van der Waals surface area contributed by atoms with Crippen LogP contribution in [0.15, 0.2) is 34.7 Å². The summed E-state index contributed by atoms with van der Waals surface area (Å²) < 4.78 is 16.3. The normalized spacial score (nSPS) is 10.1. The third-order valence-electron chi connectivity index (χ3n) is 3.46. The fraction of sp³-hybridized carbons (Fsp3) is 0.263. The van der Waals surface area contributed by atoms with Gasteiger partial charge in [0.2, 0.25) is 5.89 Å². The lowest BCUT2D eigenvalue weighted by atomic mass is 10.2. The van der Waals surface area contributed by atoms with Crippen molar-refractivity contribution in [2.75, 3.05) is 14.2 Å². The molecule has 0 aliphatic rings. The molecule has 0 saturated carbocycles. The van der Waals surface area contributed by atoms with E-state index in [0.717, 1.165) is 4.88 Å². The molecule has 0 amide bonds. The highest BCUT2D eigenvalue weighted by Gasteiger charge is 2.21. The molecule has 3 aromatic rings. The number of carbonyl (C=O) groups is 1. The van der Waals surface area contributed by atoms with Crippen molar-refractivity contribution in [1.29, 1.82) is 0 Å². The monoisotopic (exact) mass is 409 g/mol. The summed E-state index contributed by atoms with van der Waals surface area (Å²) in [4.78, 5) is 16.9. The van der Waals surface area contributed by atoms with Crippen LogP contribution in [0, 0.1) is 0 Å². The molecule has 0 radical (unpaired) electrons. The summed E-state index contributed by atoms with van der Waals surface area (Å²) in [5.74, 6) is 0.650. The Morgan fingerprint density at radius 3 is 2.59 bits per heavy atom. The third-order valence-corrected chi connectivity index (χ3v) is 4.69. The molecule has 0 fully saturated rings. The van der Waals surface area contributed by atoms with Crippen LogP contribution in [0.4, 0.5) is 0 Å². The Labute approximate surface area is 166 Å². The molecule has 6 nitrogen and oxygen atoms in total.